The SMILES string of the molecule is COC(=O)[C@@H](Cc1cccc(Br)c1)NC(=O)[C@H](O)CC(C)C. The minimum atomic E-state index is -1.13. The van der Waals surface area contributed by atoms with Gasteiger partial charge in [-0.25, -0.2) is 4.79 Å². The second-order valence-corrected chi connectivity index (χ2v) is 6.48. The molecule has 122 valence electrons. The number of halogens is 1. The van der Waals surface area contributed by atoms with Crippen molar-refractivity contribution < 1.29 is 19.4 Å². The van der Waals surface area contributed by atoms with Crippen molar-refractivity contribution in [3.05, 3.63) is 34.3 Å². The normalized spacial score (nSPS) is 13.5. The fraction of sp³-hybridized carbons (Fsp3) is 0.500. The Morgan fingerprint density at radius 1 is 1.36 bits per heavy atom. The minimum absolute atomic E-state index is 0.183. The molecule has 1 rings (SSSR count). The van der Waals surface area contributed by atoms with Crippen molar-refractivity contribution in [1.29, 1.82) is 0 Å². The first-order valence-corrected chi connectivity index (χ1v) is 7.93. The predicted molar refractivity (Wildman–Crippen MR) is 87.3 cm³/mol. The molecule has 0 saturated carbocycles. The summed E-state index contributed by atoms with van der Waals surface area (Å²) in [7, 11) is 1.27. The summed E-state index contributed by atoms with van der Waals surface area (Å²) < 4.78 is 5.62. The Balaban J connectivity index is 2.77. The van der Waals surface area contributed by atoms with Crippen molar-refractivity contribution in [1.82, 2.24) is 5.32 Å². The molecule has 0 bridgehead atoms. The van der Waals surface area contributed by atoms with Gasteiger partial charge < -0.3 is 15.2 Å². The summed E-state index contributed by atoms with van der Waals surface area (Å²) >= 11 is 3.36. The smallest absolute Gasteiger partial charge is 0.328 e. The molecule has 0 radical (unpaired) electrons. The monoisotopic (exact) mass is 371 g/mol. The van der Waals surface area contributed by atoms with E-state index in [2.05, 4.69) is 21.2 Å². The summed E-state index contributed by atoms with van der Waals surface area (Å²) in [5.41, 5.74) is 0.878. The van der Waals surface area contributed by atoms with Crippen LogP contribution in [0.3, 0.4) is 0 Å². The molecular weight excluding hydrogens is 350 g/mol. The second kappa shape index (κ2) is 8.90. The molecule has 0 aliphatic heterocycles. The summed E-state index contributed by atoms with van der Waals surface area (Å²) in [5.74, 6) is -0.911. The molecule has 22 heavy (non-hydrogen) atoms. The van der Waals surface area contributed by atoms with E-state index in [-0.39, 0.29) is 5.92 Å². The van der Waals surface area contributed by atoms with Crippen LogP contribution in [0.5, 0.6) is 0 Å². The van der Waals surface area contributed by atoms with Gasteiger partial charge in [-0.1, -0.05) is 41.9 Å². The Labute approximate surface area is 139 Å². The van der Waals surface area contributed by atoms with E-state index in [1.54, 1.807) is 0 Å². The quantitative estimate of drug-likeness (QED) is 0.719. The Bertz CT molecular complexity index is 519. The molecule has 0 aliphatic rings. The van der Waals surface area contributed by atoms with E-state index < -0.39 is 24.0 Å². The van der Waals surface area contributed by atoms with Crippen LogP contribution in [0.1, 0.15) is 25.8 Å². The van der Waals surface area contributed by atoms with E-state index in [4.69, 9.17) is 4.74 Å². The fourth-order valence-electron chi connectivity index (χ4n) is 2.06. The number of hydrogen-bond acceptors (Lipinski definition) is 4. The number of amides is 1. The largest absolute Gasteiger partial charge is 0.467 e. The van der Waals surface area contributed by atoms with Gasteiger partial charge in [0.25, 0.3) is 0 Å². The topological polar surface area (TPSA) is 75.6 Å². The third-order valence-electron chi connectivity index (χ3n) is 3.13. The van der Waals surface area contributed by atoms with Crippen molar-refractivity contribution >= 4 is 27.8 Å². The summed E-state index contributed by atoms with van der Waals surface area (Å²) in [5, 5.41) is 12.4. The molecular formula is C16H22BrNO4. The van der Waals surface area contributed by atoms with Gasteiger partial charge in [0.15, 0.2) is 0 Å². The highest BCUT2D eigenvalue weighted by molar-refractivity contribution is 9.10. The number of carbonyl (C=O) groups is 2. The van der Waals surface area contributed by atoms with Crippen molar-refractivity contribution in [2.24, 2.45) is 5.92 Å². The lowest BCUT2D eigenvalue weighted by Gasteiger charge is -2.19. The molecule has 5 nitrogen and oxygen atoms in total. The molecule has 2 N–H and O–H groups in total. The molecule has 6 heteroatoms. The average Bonchev–Trinajstić information content (AvgIpc) is 2.44. The van der Waals surface area contributed by atoms with Crippen molar-refractivity contribution in [2.45, 2.75) is 38.8 Å². The van der Waals surface area contributed by atoms with Crippen molar-refractivity contribution in [3.63, 3.8) is 0 Å². The number of methoxy groups -OCH3 is 1. The first-order valence-electron chi connectivity index (χ1n) is 7.14. The van der Waals surface area contributed by atoms with Gasteiger partial charge in [-0.05, 0) is 30.0 Å². The van der Waals surface area contributed by atoms with Crippen LogP contribution in [-0.2, 0) is 20.7 Å². The maximum Gasteiger partial charge on any atom is 0.328 e. The number of aliphatic hydroxyl groups excluding tert-OH is 1. The molecule has 1 aromatic rings. The van der Waals surface area contributed by atoms with E-state index in [0.717, 1.165) is 10.0 Å². The van der Waals surface area contributed by atoms with Gasteiger partial charge in [0.2, 0.25) is 5.91 Å². The number of nitrogens with one attached hydrogen (secondary N) is 1. The number of hydrogen-bond donors (Lipinski definition) is 2. The predicted octanol–water partition coefficient (Wildman–Crippen LogP) is 2.06. The van der Waals surface area contributed by atoms with Crippen LogP contribution in [0, 0.1) is 5.92 Å². The number of ether oxygens (including phenoxy) is 1. The first-order chi connectivity index (χ1) is 10.3. The highest BCUT2D eigenvalue weighted by atomic mass is 79.9. The molecule has 0 aromatic heterocycles. The van der Waals surface area contributed by atoms with E-state index in [9.17, 15) is 14.7 Å². The van der Waals surface area contributed by atoms with Gasteiger partial charge in [-0.2, -0.15) is 0 Å². The number of benzene rings is 1. The summed E-state index contributed by atoms with van der Waals surface area (Å²) in [6.45, 7) is 3.82. The maximum absolute atomic E-state index is 12.0. The lowest BCUT2D eigenvalue weighted by Crippen LogP contribution is -2.47. The van der Waals surface area contributed by atoms with Crippen LogP contribution in [0.25, 0.3) is 0 Å². The molecule has 1 amide bonds. The zero-order valence-electron chi connectivity index (χ0n) is 13.0. The minimum Gasteiger partial charge on any atom is -0.467 e. The average molecular weight is 372 g/mol. The third kappa shape index (κ3) is 6.15. The molecule has 0 unspecified atom stereocenters. The molecule has 0 heterocycles. The van der Waals surface area contributed by atoms with Crippen molar-refractivity contribution in [2.75, 3.05) is 7.11 Å². The lowest BCUT2D eigenvalue weighted by molar-refractivity contribution is -0.146. The summed E-state index contributed by atoms with van der Waals surface area (Å²) in [4.78, 5) is 23.8. The van der Waals surface area contributed by atoms with Gasteiger partial charge in [-0.3, -0.25) is 4.79 Å². The fourth-order valence-corrected chi connectivity index (χ4v) is 2.50. The maximum atomic E-state index is 12.0. The molecule has 1 aromatic carbocycles. The van der Waals surface area contributed by atoms with Gasteiger partial charge in [0.05, 0.1) is 7.11 Å². The van der Waals surface area contributed by atoms with Crippen LogP contribution >= 0.6 is 15.9 Å². The Hall–Kier alpha value is -1.40. The van der Waals surface area contributed by atoms with Crippen molar-refractivity contribution in [3.8, 4) is 0 Å². The van der Waals surface area contributed by atoms with Crippen LogP contribution in [0.2, 0.25) is 0 Å². The highest BCUT2D eigenvalue weighted by Crippen LogP contribution is 2.14. The van der Waals surface area contributed by atoms with Gasteiger partial charge in [-0.15, -0.1) is 0 Å². The highest BCUT2D eigenvalue weighted by Gasteiger charge is 2.25. The van der Waals surface area contributed by atoms with Crippen LogP contribution < -0.4 is 5.32 Å². The standard InChI is InChI=1S/C16H22BrNO4/c1-10(2)7-14(19)15(20)18-13(16(21)22-3)9-11-5-4-6-12(17)8-11/h4-6,8,10,13-14,19H,7,9H2,1-3H3,(H,18,20)/t13-,14-/m1/s1. The summed E-state index contributed by atoms with van der Waals surface area (Å²) in [6.07, 6.45) is -0.488. The van der Waals surface area contributed by atoms with Crippen LogP contribution in [0.4, 0.5) is 0 Å². The zero-order valence-corrected chi connectivity index (χ0v) is 14.6. The Morgan fingerprint density at radius 3 is 2.59 bits per heavy atom. The van der Waals surface area contributed by atoms with Gasteiger partial charge in [0.1, 0.15) is 12.1 Å². The molecule has 0 saturated heterocycles. The number of aliphatic hydroxyl groups is 1. The van der Waals surface area contributed by atoms with E-state index >= 15 is 0 Å². The van der Waals surface area contributed by atoms with E-state index in [0.29, 0.717) is 12.8 Å². The summed E-state index contributed by atoms with van der Waals surface area (Å²) in [6, 6.07) is 6.63. The second-order valence-electron chi connectivity index (χ2n) is 5.56. The number of rotatable bonds is 7. The van der Waals surface area contributed by atoms with E-state index in [1.807, 2.05) is 38.1 Å². The number of carbonyl (C=O) groups excluding carboxylic acids is 2. The Kier molecular flexibility index (Phi) is 7.55. The van der Waals surface area contributed by atoms with Crippen LogP contribution in [0.15, 0.2) is 28.7 Å². The first kappa shape index (κ1) is 18.6. The molecule has 2 atom stereocenters. The molecule has 0 aliphatic carbocycles. The molecule has 0 fully saturated rings. The number of esters is 1. The third-order valence-corrected chi connectivity index (χ3v) is 3.62. The molecule has 0 spiro atoms. The lowest BCUT2D eigenvalue weighted by atomic mass is 10.0. The van der Waals surface area contributed by atoms with Gasteiger partial charge >= 0.3 is 5.97 Å². The van der Waals surface area contributed by atoms with Crippen LogP contribution in [-0.4, -0.2) is 36.2 Å². The Morgan fingerprint density at radius 2 is 2.05 bits per heavy atom. The zero-order chi connectivity index (χ0) is 16.7. The van der Waals surface area contributed by atoms with Gasteiger partial charge in [0, 0.05) is 10.9 Å². The van der Waals surface area contributed by atoms with E-state index in [1.165, 1.54) is 7.11 Å².